The molecule has 6 nitrogen and oxygen atoms in total. The van der Waals surface area contributed by atoms with Crippen LogP contribution in [0.25, 0.3) is 0 Å². The van der Waals surface area contributed by atoms with Crippen molar-refractivity contribution in [3.63, 3.8) is 0 Å². The minimum absolute atomic E-state index is 0.0684. The lowest BCUT2D eigenvalue weighted by Gasteiger charge is -2.22. The van der Waals surface area contributed by atoms with E-state index in [1.807, 2.05) is 0 Å². The van der Waals surface area contributed by atoms with E-state index in [0.29, 0.717) is 5.56 Å². The Labute approximate surface area is 112 Å². The number of phenols is 1. The highest BCUT2D eigenvalue weighted by molar-refractivity contribution is 7.54. The van der Waals surface area contributed by atoms with Crippen LogP contribution in [0.2, 0.25) is 0 Å². The highest BCUT2D eigenvalue weighted by atomic mass is 31.2. The molecule has 1 rings (SSSR count). The molecule has 108 valence electrons. The number of ether oxygens (including phenoxy) is 1. The molecule has 0 saturated carbocycles. The van der Waals surface area contributed by atoms with Crippen molar-refractivity contribution in [2.75, 3.05) is 20.3 Å². The smallest absolute Gasteiger partial charge is 0.363 e. The van der Waals surface area contributed by atoms with Gasteiger partial charge < -0.3 is 24.0 Å². The number of hydrogen-bond acceptors (Lipinski definition) is 6. The van der Waals surface area contributed by atoms with Crippen LogP contribution in [-0.4, -0.2) is 30.5 Å². The Hall–Kier alpha value is -1.07. The molecule has 0 spiro atoms. The second-order valence-electron chi connectivity index (χ2n) is 3.68. The van der Waals surface area contributed by atoms with Gasteiger partial charge in [-0.05, 0) is 31.5 Å². The largest absolute Gasteiger partial charge is 0.504 e. The van der Waals surface area contributed by atoms with Gasteiger partial charge in [0.05, 0.1) is 20.3 Å². The summed E-state index contributed by atoms with van der Waals surface area (Å²) in [6.07, 6.45) is 0. The van der Waals surface area contributed by atoms with Crippen LogP contribution in [0.1, 0.15) is 25.3 Å². The van der Waals surface area contributed by atoms with E-state index in [2.05, 4.69) is 0 Å². The van der Waals surface area contributed by atoms with Crippen molar-refractivity contribution in [2.45, 2.75) is 19.7 Å². The van der Waals surface area contributed by atoms with Gasteiger partial charge in [0.1, 0.15) is 0 Å². The van der Waals surface area contributed by atoms with Crippen LogP contribution in [0, 0.1) is 0 Å². The molecule has 1 aromatic carbocycles. The number of aliphatic hydroxyl groups is 1. The lowest BCUT2D eigenvalue weighted by atomic mass is 10.2. The molecule has 0 aromatic heterocycles. The minimum Gasteiger partial charge on any atom is -0.504 e. The molecule has 0 bridgehead atoms. The summed E-state index contributed by atoms with van der Waals surface area (Å²) in [6.45, 7) is 3.64. The van der Waals surface area contributed by atoms with E-state index in [-0.39, 0.29) is 24.7 Å². The highest BCUT2D eigenvalue weighted by Gasteiger charge is 2.35. The maximum atomic E-state index is 12.4. The van der Waals surface area contributed by atoms with Crippen LogP contribution in [0.15, 0.2) is 18.2 Å². The summed E-state index contributed by atoms with van der Waals surface area (Å²) in [5, 5.41) is 19.7. The van der Waals surface area contributed by atoms with Gasteiger partial charge in [-0.3, -0.25) is 4.57 Å². The SMILES string of the molecule is CCOP(=O)(OCC)C(O)c1ccc(O)c(OC)c1. The molecule has 0 amide bonds. The summed E-state index contributed by atoms with van der Waals surface area (Å²) in [7, 11) is -2.27. The van der Waals surface area contributed by atoms with E-state index in [4.69, 9.17) is 13.8 Å². The Bertz CT molecular complexity index is 452. The molecule has 0 radical (unpaired) electrons. The van der Waals surface area contributed by atoms with Gasteiger partial charge in [0.15, 0.2) is 17.3 Å². The van der Waals surface area contributed by atoms with Gasteiger partial charge in [-0.2, -0.15) is 0 Å². The third kappa shape index (κ3) is 3.70. The monoisotopic (exact) mass is 290 g/mol. The molecule has 19 heavy (non-hydrogen) atoms. The maximum absolute atomic E-state index is 12.4. The van der Waals surface area contributed by atoms with Crippen molar-refractivity contribution in [2.24, 2.45) is 0 Å². The van der Waals surface area contributed by atoms with Crippen LogP contribution < -0.4 is 4.74 Å². The first-order chi connectivity index (χ1) is 8.98. The number of phenolic OH excluding ortho intramolecular Hbond substituents is 1. The summed E-state index contributed by atoms with van der Waals surface area (Å²) in [4.78, 5) is 0. The number of benzene rings is 1. The second-order valence-corrected chi connectivity index (χ2v) is 5.77. The van der Waals surface area contributed by atoms with Crippen LogP contribution >= 0.6 is 7.60 Å². The summed E-state index contributed by atoms with van der Waals surface area (Å²) in [6, 6.07) is 4.18. The molecule has 0 aliphatic carbocycles. The number of aromatic hydroxyl groups is 1. The van der Waals surface area contributed by atoms with E-state index in [9.17, 15) is 14.8 Å². The first-order valence-electron chi connectivity index (χ1n) is 5.92. The zero-order valence-electron chi connectivity index (χ0n) is 11.2. The number of aliphatic hydroxyl groups excluding tert-OH is 1. The summed E-state index contributed by atoms with van der Waals surface area (Å²) >= 11 is 0. The van der Waals surface area contributed by atoms with Crippen molar-refractivity contribution in [3.05, 3.63) is 23.8 Å². The molecular formula is C12H19O6P. The minimum atomic E-state index is -3.66. The van der Waals surface area contributed by atoms with Gasteiger partial charge in [0.2, 0.25) is 0 Å². The van der Waals surface area contributed by atoms with Crippen LogP contribution in [0.4, 0.5) is 0 Å². The van der Waals surface area contributed by atoms with Gasteiger partial charge >= 0.3 is 7.60 Å². The average Bonchev–Trinajstić information content (AvgIpc) is 2.39. The van der Waals surface area contributed by atoms with Gasteiger partial charge in [0, 0.05) is 0 Å². The van der Waals surface area contributed by atoms with Crippen molar-refractivity contribution in [3.8, 4) is 11.5 Å². The maximum Gasteiger partial charge on any atom is 0.363 e. The van der Waals surface area contributed by atoms with Crippen molar-refractivity contribution in [1.82, 2.24) is 0 Å². The Morgan fingerprint density at radius 1 is 1.26 bits per heavy atom. The Kier molecular flexibility index (Phi) is 5.82. The molecule has 2 N–H and O–H groups in total. The topological polar surface area (TPSA) is 85.2 Å². The molecule has 7 heteroatoms. The van der Waals surface area contributed by atoms with E-state index in [1.165, 1.54) is 25.3 Å². The lowest BCUT2D eigenvalue weighted by molar-refractivity contribution is 0.150. The molecule has 0 saturated heterocycles. The summed E-state index contributed by atoms with van der Waals surface area (Å²) < 4.78 is 27.5. The quantitative estimate of drug-likeness (QED) is 0.751. The van der Waals surface area contributed by atoms with E-state index >= 15 is 0 Å². The Balaban J connectivity index is 3.09. The second kappa shape index (κ2) is 6.91. The predicted molar refractivity (Wildman–Crippen MR) is 70.5 cm³/mol. The Morgan fingerprint density at radius 2 is 1.84 bits per heavy atom. The average molecular weight is 290 g/mol. The zero-order valence-corrected chi connectivity index (χ0v) is 12.1. The van der Waals surface area contributed by atoms with Gasteiger partial charge in [-0.1, -0.05) is 6.07 Å². The molecule has 0 fully saturated rings. The molecule has 1 atom stereocenters. The van der Waals surface area contributed by atoms with E-state index < -0.39 is 13.4 Å². The number of rotatable bonds is 7. The number of hydrogen-bond donors (Lipinski definition) is 2. The molecule has 0 heterocycles. The molecule has 0 aliphatic heterocycles. The van der Waals surface area contributed by atoms with E-state index in [1.54, 1.807) is 13.8 Å². The molecule has 1 aromatic rings. The normalized spacial score (nSPS) is 13.3. The first kappa shape index (κ1) is 16.0. The first-order valence-corrected chi connectivity index (χ1v) is 7.53. The highest BCUT2D eigenvalue weighted by Crippen LogP contribution is 2.59. The van der Waals surface area contributed by atoms with Crippen LogP contribution in [-0.2, 0) is 13.6 Å². The van der Waals surface area contributed by atoms with E-state index in [0.717, 1.165) is 0 Å². The predicted octanol–water partition coefficient (Wildman–Crippen LogP) is 2.66. The molecular weight excluding hydrogens is 271 g/mol. The fraction of sp³-hybridized carbons (Fsp3) is 0.500. The standard InChI is InChI=1S/C12H19O6P/c1-4-17-19(15,18-5-2)12(14)9-6-7-10(13)11(8-9)16-3/h6-8,12-14H,4-5H2,1-3H3. The third-order valence-electron chi connectivity index (χ3n) is 2.42. The fourth-order valence-corrected chi connectivity index (χ4v) is 3.18. The van der Waals surface area contributed by atoms with Crippen LogP contribution in [0.5, 0.6) is 11.5 Å². The molecule has 1 unspecified atom stereocenters. The fourth-order valence-electron chi connectivity index (χ4n) is 1.58. The number of methoxy groups -OCH3 is 1. The van der Waals surface area contributed by atoms with Gasteiger partial charge in [0.25, 0.3) is 0 Å². The van der Waals surface area contributed by atoms with Crippen molar-refractivity contribution < 1.29 is 28.6 Å². The van der Waals surface area contributed by atoms with Crippen LogP contribution in [0.3, 0.4) is 0 Å². The summed E-state index contributed by atoms with van der Waals surface area (Å²) in [5.41, 5.74) is 0.292. The Morgan fingerprint density at radius 3 is 2.32 bits per heavy atom. The van der Waals surface area contributed by atoms with Gasteiger partial charge in [-0.25, -0.2) is 0 Å². The van der Waals surface area contributed by atoms with Gasteiger partial charge in [-0.15, -0.1) is 0 Å². The zero-order chi connectivity index (χ0) is 14.5. The third-order valence-corrected chi connectivity index (χ3v) is 4.55. The van der Waals surface area contributed by atoms with Crippen molar-refractivity contribution in [1.29, 1.82) is 0 Å². The lowest BCUT2D eigenvalue weighted by Crippen LogP contribution is -2.06. The summed E-state index contributed by atoms with van der Waals surface area (Å²) in [5.74, 6) is -1.32. The van der Waals surface area contributed by atoms with Crippen molar-refractivity contribution >= 4 is 7.60 Å². The molecule has 0 aliphatic rings.